The van der Waals surface area contributed by atoms with Crippen LogP contribution in [0.1, 0.15) is 5.56 Å². The van der Waals surface area contributed by atoms with Gasteiger partial charge in [-0.05, 0) is 23.3 Å². The Morgan fingerprint density at radius 2 is 2.21 bits per heavy atom. The summed E-state index contributed by atoms with van der Waals surface area (Å²) < 4.78 is 7.42. The van der Waals surface area contributed by atoms with E-state index in [9.17, 15) is 0 Å². The number of fused-ring (bicyclic) bond motifs is 1. The second-order valence-electron chi connectivity index (χ2n) is 4.53. The normalized spacial score (nSPS) is 11.3. The van der Waals surface area contributed by atoms with Gasteiger partial charge in [-0.1, -0.05) is 18.2 Å². The van der Waals surface area contributed by atoms with E-state index in [2.05, 4.69) is 46.6 Å². The third-order valence-electron chi connectivity index (χ3n) is 3.21. The first kappa shape index (κ1) is 14.4. The van der Waals surface area contributed by atoms with Crippen molar-refractivity contribution >= 4 is 22.7 Å². The predicted octanol–water partition coefficient (Wildman–Crippen LogP) is 2.74. The molecule has 0 aliphatic carbocycles. The summed E-state index contributed by atoms with van der Waals surface area (Å²) >= 11 is 1.89. The van der Waals surface area contributed by atoms with Gasteiger partial charge >= 0.3 is 0 Å². The molecule has 0 aliphatic heterocycles. The molecular formula is C15H22N2OS. The highest BCUT2D eigenvalue weighted by Gasteiger charge is 2.06. The molecule has 0 amide bonds. The van der Waals surface area contributed by atoms with Crippen molar-refractivity contribution in [3.63, 3.8) is 0 Å². The van der Waals surface area contributed by atoms with E-state index in [1.54, 1.807) is 7.11 Å². The zero-order valence-corrected chi connectivity index (χ0v) is 12.5. The van der Waals surface area contributed by atoms with Gasteiger partial charge < -0.3 is 14.6 Å². The molecule has 104 valence electrons. The van der Waals surface area contributed by atoms with Crippen LogP contribution in [0.15, 0.2) is 30.5 Å². The molecule has 0 spiro atoms. The highest BCUT2D eigenvalue weighted by atomic mass is 32.2. The second kappa shape index (κ2) is 7.58. The molecule has 19 heavy (non-hydrogen) atoms. The van der Waals surface area contributed by atoms with E-state index in [0.29, 0.717) is 0 Å². The molecular weight excluding hydrogens is 256 g/mol. The van der Waals surface area contributed by atoms with Crippen LogP contribution in [0, 0.1) is 0 Å². The van der Waals surface area contributed by atoms with Gasteiger partial charge in [0.2, 0.25) is 0 Å². The van der Waals surface area contributed by atoms with Crippen LogP contribution in [-0.2, 0) is 17.8 Å². The van der Waals surface area contributed by atoms with Gasteiger partial charge in [0, 0.05) is 38.7 Å². The smallest absolute Gasteiger partial charge is 0.0587 e. The Morgan fingerprint density at radius 3 is 3.00 bits per heavy atom. The van der Waals surface area contributed by atoms with E-state index in [0.717, 1.165) is 32.0 Å². The number of hydrogen-bond donors (Lipinski definition) is 1. The maximum atomic E-state index is 5.06. The van der Waals surface area contributed by atoms with Crippen molar-refractivity contribution < 1.29 is 4.74 Å². The zero-order chi connectivity index (χ0) is 13.5. The average molecular weight is 278 g/mol. The monoisotopic (exact) mass is 278 g/mol. The Kier molecular flexibility index (Phi) is 5.76. The van der Waals surface area contributed by atoms with Crippen LogP contribution < -0.4 is 5.32 Å². The fourth-order valence-corrected chi connectivity index (χ4v) is 2.64. The average Bonchev–Trinajstić information content (AvgIpc) is 2.85. The lowest BCUT2D eigenvalue weighted by atomic mass is 10.1. The Labute approximate surface area is 119 Å². The molecule has 2 aromatic rings. The molecule has 2 rings (SSSR count). The van der Waals surface area contributed by atoms with Gasteiger partial charge in [0.15, 0.2) is 0 Å². The lowest BCUT2D eigenvalue weighted by molar-refractivity contribution is 0.199. The topological polar surface area (TPSA) is 26.2 Å². The van der Waals surface area contributed by atoms with Crippen LogP contribution in [0.5, 0.6) is 0 Å². The number of hydrogen-bond acceptors (Lipinski definition) is 3. The van der Waals surface area contributed by atoms with Crippen molar-refractivity contribution in [1.29, 1.82) is 0 Å². The summed E-state index contributed by atoms with van der Waals surface area (Å²) in [7, 11) is 1.73. The molecule has 3 nitrogen and oxygen atoms in total. The van der Waals surface area contributed by atoms with Gasteiger partial charge in [0.05, 0.1) is 12.1 Å². The number of nitrogens with one attached hydrogen (secondary N) is 1. The number of ether oxygens (including phenoxy) is 1. The standard InChI is InChI=1S/C15H22N2OS/c1-18-10-7-16-12-14-5-3-4-13-6-8-17(15(13)14)9-11-19-2/h3-6,8,16H,7,9-12H2,1-2H3. The van der Waals surface area contributed by atoms with Gasteiger partial charge in [-0.2, -0.15) is 11.8 Å². The summed E-state index contributed by atoms with van der Waals surface area (Å²) in [6, 6.07) is 8.73. The molecule has 1 aromatic carbocycles. The number of aryl methyl sites for hydroxylation is 1. The number of para-hydroxylation sites is 1. The Bertz CT molecular complexity index is 510. The minimum absolute atomic E-state index is 0.753. The predicted molar refractivity (Wildman–Crippen MR) is 83.9 cm³/mol. The van der Waals surface area contributed by atoms with Gasteiger partial charge in [0.1, 0.15) is 0 Å². The maximum Gasteiger partial charge on any atom is 0.0587 e. The molecule has 0 aliphatic rings. The van der Waals surface area contributed by atoms with E-state index in [1.807, 2.05) is 11.8 Å². The van der Waals surface area contributed by atoms with Gasteiger partial charge in [0.25, 0.3) is 0 Å². The van der Waals surface area contributed by atoms with Crippen molar-refractivity contribution in [3.05, 3.63) is 36.0 Å². The van der Waals surface area contributed by atoms with Crippen molar-refractivity contribution in [2.24, 2.45) is 0 Å². The fourth-order valence-electron chi connectivity index (χ4n) is 2.26. The summed E-state index contributed by atoms with van der Waals surface area (Å²) in [5.74, 6) is 1.15. The second-order valence-corrected chi connectivity index (χ2v) is 5.51. The van der Waals surface area contributed by atoms with Crippen molar-refractivity contribution in [2.45, 2.75) is 13.1 Å². The highest BCUT2D eigenvalue weighted by Crippen LogP contribution is 2.20. The summed E-state index contributed by atoms with van der Waals surface area (Å²) in [6.07, 6.45) is 4.35. The zero-order valence-electron chi connectivity index (χ0n) is 11.7. The Morgan fingerprint density at radius 1 is 1.32 bits per heavy atom. The van der Waals surface area contributed by atoms with Crippen LogP contribution in [0.4, 0.5) is 0 Å². The van der Waals surface area contributed by atoms with Crippen molar-refractivity contribution in [1.82, 2.24) is 9.88 Å². The number of aromatic nitrogens is 1. The summed E-state index contributed by atoms with van der Waals surface area (Å²) in [6.45, 7) is 3.60. The minimum Gasteiger partial charge on any atom is -0.383 e. The van der Waals surface area contributed by atoms with Gasteiger partial charge in [-0.3, -0.25) is 0 Å². The van der Waals surface area contributed by atoms with Gasteiger partial charge in [-0.15, -0.1) is 0 Å². The molecule has 0 fully saturated rings. The number of rotatable bonds is 8. The number of thioether (sulfide) groups is 1. The Hall–Kier alpha value is -0.970. The van der Waals surface area contributed by atoms with Crippen LogP contribution in [0.25, 0.3) is 10.9 Å². The van der Waals surface area contributed by atoms with Crippen LogP contribution >= 0.6 is 11.8 Å². The SMILES string of the molecule is COCCNCc1cccc2ccn(CCSC)c12. The molecule has 1 aromatic heterocycles. The van der Waals surface area contributed by atoms with Gasteiger partial charge in [-0.25, -0.2) is 0 Å². The van der Waals surface area contributed by atoms with E-state index in [4.69, 9.17) is 4.74 Å². The molecule has 0 saturated heterocycles. The third-order valence-corrected chi connectivity index (χ3v) is 3.80. The lowest BCUT2D eigenvalue weighted by Crippen LogP contribution is -2.19. The Balaban J connectivity index is 2.14. The number of nitrogens with zero attached hydrogens (tertiary/aromatic N) is 1. The molecule has 0 radical (unpaired) electrons. The summed E-state index contributed by atoms with van der Waals surface area (Å²) in [4.78, 5) is 0. The van der Waals surface area contributed by atoms with Crippen LogP contribution in [0.3, 0.4) is 0 Å². The first-order valence-corrected chi connectivity index (χ1v) is 8.01. The summed E-state index contributed by atoms with van der Waals surface area (Å²) in [5.41, 5.74) is 2.72. The number of methoxy groups -OCH3 is 1. The summed E-state index contributed by atoms with van der Waals surface area (Å²) in [5, 5.41) is 4.75. The van der Waals surface area contributed by atoms with E-state index < -0.39 is 0 Å². The largest absolute Gasteiger partial charge is 0.383 e. The van der Waals surface area contributed by atoms with Crippen LogP contribution in [0.2, 0.25) is 0 Å². The van der Waals surface area contributed by atoms with Crippen LogP contribution in [-0.4, -0.2) is 36.8 Å². The highest BCUT2D eigenvalue weighted by molar-refractivity contribution is 7.98. The lowest BCUT2D eigenvalue weighted by Gasteiger charge is -2.10. The van der Waals surface area contributed by atoms with E-state index in [-0.39, 0.29) is 0 Å². The molecule has 1 N–H and O–H groups in total. The number of benzene rings is 1. The minimum atomic E-state index is 0.753. The van der Waals surface area contributed by atoms with E-state index >= 15 is 0 Å². The third kappa shape index (κ3) is 3.75. The maximum absolute atomic E-state index is 5.06. The molecule has 0 bridgehead atoms. The first-order valence-electron chi connectivity index (χ1n) is 6.62. The molecule has 0 atom stereocenters. The van der Waals surface area contributed by atoms with Crippen molar-refractivity contribution in [3.8, 4) is 0 Å². The molecule has 1 heterocycles. The molecule has 0 unspecified atom stereocenters. The fraction of sp³-hybridized carbons (Fsp3) is 0.467. The van der Waals surface area contributed by atoms with Crippen molar-refractivity contribution in [2.75, 3.05) is 32.3 Å². The first-order chi connectivity index (χ1) is 9.36. The quantitative estimate of drug-likeness (QED) is 0.752. The molecule has 4 heteroatoms. The van der Waals surface area contributed by atoms with E-state index in [1.165, 1.54) is 16.5 Å². The molecule has 0 saturated carbocycles.